The molecule has 0 radical (unpaired) electrons. The molecule has 1 heterocycles. The monoisotopic (exact) mass is 119 g/mol. The van der Waals surface area contributed by atoms with Gasteiger partial charge in [0.2, 0.25) is 0 Å². The fourth-order valence-corrected chi connectivity index (χ4v) is 0.854. The van der Waals surface area contributed by atoms with Gasteiger partial charge in [-0.1, -0.05) is 0 Å². The second-order valence-electron chi connectivity index (χ2n) is 1.95. The van der Waals surface area contributed by atoms with Crippen molar-refractivity contribution in [1.82, 2.24) is 5.32 Å². The number of methoxy groups -OCH3 is 1. The van der Waals surface area contributed by atoms with Gasteiger partial charge in [0, 0.05) is 20.2 Å². The van der Waals surface area contributed by atoms with Gasteiger partial charge in [-0.3, -0.25) is 0 Å². The molecule has 0 bridgehead atoms. The van der Waals surface area contributed by atoms with Crippen molar-refractivity contribution in [2.75, 3.05) is 20.2 Å². The van der Waals surface area contributed by atoms with E-state index in [0.717, 1.165) is 0 Å². The number of nitrogens with one attached hydrogen (secondary N) is 1. The molecule has 1 aliphatic heterocycles. The summed E-state index contributed by atoms with van der Waals surface area (Å²) in [5, 5.41) is 2.87. The van der Waals surface area contributed by atoms with Gasteiger partial charge >= 0.3 is 0 Å². The van der Waals surface area contributed by atoms with E-state index in [1.807, 2.05) is 0 Å². The van der Waals surface area contributed by atoms with Gasteiger partial charge in [-0.25, -0.2) is 4.39 Å². The molecule has 0 aromatic carbocycles. The zero-order valence-electron chi connectivity index (χ0n) is 4.86. The maximum Gasteiger partial charge on any atom is 0.140 e. The lowest BCUT2D eigenvalue weighted by Gasteiger charge is -2.06. The van der Waals surface area contributed by atoms with Crippen LogP contribution in [0.2, 0.25) is 0 Å². The summed E-state index contributed by atoms with van der Waals surface area (Å²) in [5.74, 6) is 0. The van der Waals surface area contributed by atoms with E-state index in [-0.39, 0.29) is 6.10 Å². The first-order valence-electron chi connectivity index (χ1n) is 2.72. The van der Waals surface area contributed by atoms with Crippen molar-refractivity contribution in [3.8, 4) is 0 Å². The summed E-state index contributed by atoms with van der Waals surface area (Å²) in [4.78, 5) is 0. The summed E-state index contributed by atoms with van der Waals surface area (Å²) in [5.41, 5.74) is 0. The average Bonchev–Trinajstić information content (AvgIpc) is 2.14. The maximum absolute atomic E-state index is 12.4. The summed E-state index contributed by atoms with van der Waals surface area (Å²) in [6.07, 6.45) is -1.02. The lowest BCUT2D eigenvalue weighted by atomic mass is 10.3. The fourth-order valence-electron chi connectivity index (χ4n) is 0.854. The number of halogens is 1. The van der Waals surface area contributed by atoms with Crippen LogP contribution in [0.5, 0.6) is 0 Å². The molecule has 0 aliphatic carbocycles. The van der Waals surface area contributed by atoms with E-state index in [4.69, 9.17) is 4.74 Å². The highest BCUT2D eigenvalue weighted by Gasteiger charge is 2.25. The van der Waals surface area contributed by atoms with Crippen LogP contribution < -0.4 is 5.32 Å². The van der Waals surface area contributed by atoms with Crippen molar-refractivity contribution >= 4 is 0 Å². The van der Waals surface area contributed by atoms with Crippen molar-refractivity contribution in [3.63, 3.8) is 0 Å². The lowest BCUT2D eigenvalue weighted by Crippen LogP contribution is -2.21. The molecule has 0 aromatic heterocycles. The van der Waals surface area contributed by atoms with Crippen LogP contribution in [0.1, 0.15) is 0 Å². The summed E-state index contributed by atoms with van der Waals surface area (Å²) >= 11 is 0. The smallest absolute Gasteiger partial charge is 0.140 e. The largest absolute Gasteiger partial charge is 0.377 e. The molecule has 0 spiro atoms. The van der Waals surface area contributed by atoms with E-state index in [1.165, 1.54) is 7.11 Å². The van der Waals surface area contributed by atoms with E-state index in [1.54, 1.807) is 0 Å². The number of alkyl halides is 1. The van der Waals surface area contributed by atoms with Gasteiger partial charge in [0.1, 0.15) is 12.3 Å². The van der Waals surface area contributed by atoms with Crippen LogP contribution >= 0.6 is 0 Å². The zero-order valence-corrected chi connectivity index (χ0v) is 4.86. The maximum atomic E-state index is 12.4. The minimum absolute atomic E-state index is 0.213. The fraction of sp³-hybridized carbons (Fsp3) is 1.00. The Bertz CT molecular complexity index is 78.8. The normalized spacial score (nSPS) is 38.2. The Kier molecular flexibility index (Phi) is 1.81. The van der Waals surface area contributed by atoms with E-state index in [2.05, 4.69) is 5.32 Å². The summed E-state index contributed by atoms with van der Waals surface area (Å²) < 4.78 is 17.2. The highest BCUT2D eigenvalue weighted by Crippen LogP contribution is 2.06. The number of ether oxygens (including phenoxy) is 1. The van der Waals surface area contributed by atoms with Crippen molar-refractivity contribution in [2.45, 2.75) is 12.3 Å². The second-order valence-corrected chi connectivity index (χ2v) is 1.95. The molecule has 1 aliphatic rings. The second kappa shape index (κ2) is 2.42. The molecule has 1 saturated heterocycles. The van der Waals surface area contributed by atoms with Crippen molar-refractivity contribution in [3.05, 3.63) is 0 Å². The molecular formula is C5H10FNO. The molecule has 8 heavy (non-hydrogen) atoms. The highest BCUT2D eigenvalue weighted by molar-refractivity contribution is 4.80. The van der Waals surface area contributed by atoms with Crippen LogP contribution in [-0.2, 0) is 4.74 Å². The van der Waals surface area contributed by atoms with Gasteiger partial charge in [0.25, 0.3) is 0 Å². The first-order valence-corrected chi connectivity index (χ1v) is 2.72. The average molecular weight is 119 g/mol. The van der Waals surface area contributed by atoms with Crippen molar-refractivity contribution in [1.29, 1.82) is 0 Å². The molecule has 3 heteroatoms. The molecular weight excluding hydrogens is 109 g/mol. The predicted octanol–water partition coefficient (Wildman–Crippen LogP) is -0.0573. The highest BCUT2D eigenvalue weighted by atomic mass is 19.1. The molecule has 0 aromatic rings. The van der Waals surface area contributed by atoms with Crippen LogP contribution in [-0.4, -0.2) is 32.5 Å². The van der Waals surface area contributed by atoms with Gasteiger partial charge in [-0.15, -0.1) is 0 Å². The van der Waals surface area contributed by atoms with E-state index < -0.39 is 6.17 Å². The summed E-state index contributed by atoms with van der Waals surface area (Å²) in [7, 11) is 1.53. The predicted molar refractivity (Wildman–Crippen MR) is 28.6 cm³/mol. The summed E-state index contributed by atoms with van der Waals surface area (Å²) in [6.45, 7) is 1.09. The Morgan fingerprint density at radius 2 is 2.38 bits per heavy atom. The molecule has 2 nitrogen and oxygen atoms in total. The first-order chi connectivity index (χ1) is 3.84. The standard InChI is InChI=1S/C5H10FNO/c1-8-5-3-7-2-4(5)6/h4-5,7H,2-3H2,1H3/t4-,5-/m0/s1. The van der Waals surface area contributed by atoms with E-state index in [9.17, 15) is 4.39 Å². The Morgan fingerprint density at radius 1 is 1.62 bits per heavy atom. The Morgan fingerprint density at radius 3 is 2.62 bits per heavy atom. The minimum Gasteiger partial charge on any atom is -0.377 e. The minimum atomic E-state index is -0.806. The quantitative estimate of drug-likeness (QED) is 0.522. The van der Waals surface area contributed by atoms with Crippen LogP contribution in [0, 0.1) is 0 Å². The molecule has 2 atom stereocenters. The van der Waals surface area contributed by atoms with E-state index >= 15 is 0 Å². The summed E-state index contributed by atoms with van der Waals surface area (Å²) in [6, 6.07) is 0. The lowest BCUT2D eigenvalue weighted by molar-refractivity contribution is 0.0647. The molecule has 1 N–H and O–H groups in total. The SMILES string of the molecule is CO[C@H]1CNC[C@@H]1F. The molecule has 0 unspecified atom stereocenters. The third-order valence-electron chi connectivity index (χ3n) is 1.39. The molecule has 1 rings (SSSR count). The third kappa shape index (κ3) is 0.980. The van der Waals surface area contributed by atoms with Gasteiger partial charge < -0.3 is 10.1 Å². The topological polar surface area (TPSA) is 21.3 Å². The number of rotatable bonds is 1. The van der Waals surface area contributed by atoms with E-state index in [0.29, 0.717) is 13.1 Å². The van der Waals surface area contributed by atoms with Crippen LogP contribution in [0.25, 0.3) is 0 Å². The molecule has 48 valence electrons. The van der Waals surface area contributed by atoms with Gasteiger partial charge in [-0.2, -0.15) is 0 Å². The van der Waals surface area contributed by atoms with Crippen LogP contribution in [0.4, 0.5) is 4.39 Å². The zero-order chi connectivity index (χ0) is 5.98. The van der Waals surface area contributed by atoms with Gasteiger partial charge in [0.05, 0.1) is 0 Å². The van der Waals surface area contributed by atoms with Gasteiger partial charge in [-0.05, 0) is 0 Å². The van der Waals surface area contributed by atoms with Crippen LogP contribution in [0.3, 0.4) is 0 Å². The molecule has 0 saturated carbocycles. The first kappa shape index (κ1) is 5.98. The number of hydrogen-bond acceptors (Lipinski definition) is 2. The Labute approximate surface area is 48.0 Å². The van der Waals surface area contributed by atoms with Crippen LogP contribution in [0.15, 0.2) is 0 Å². The van der Waals surface area contributed by atoms with Gasteiger partial charge in [0.15, 0.2) is 0 Å². The van der Waals surface area contributed by atoms with Crippen molar-refractivity contribution in [2.24, 2.45) is 0 Å². The Balaban J connectivity index is 2.30. The Hall–Kier alpha value is -0.150. The molecule has 1 fully saturated rings. The third-order valence-corrected chi connectivity index (χ3v) is 1.39. The number of hydrogen-bond donors (Lipinski definition) is 1. The molecule has 0 amide bonds. The van der Waals surface area contributed by atoms with Crippen molar-refractivity contribution < 1.29 is 9.13 Å².